The Morgan fingerprint density at radius 3 is 0.923 bits per heavy atom. The summed E-state index contributed by atoms with van der Waals surface area (Å²) in [4.78, 5) is 12.6. The molecular weight excluding hydrogens is 803 g/mol. The van der Waals surface area contributed by atoms with Gasteiger partial charge in [0.25, 0.3) is 0 Å². The van der Waals surface area contributed by atoms with Crippen LogP contribution in [0.2, 0.25) is 0 Å². The Balaban J connectivity index is 3.57. The molecule has 0 fully saturated rings. The van der Waals surface area contributed by atoms with E-state index in [0.29, 0.717) is 12.8 Å². The Hall–Kier alpha value is -0.950. The average Bonchev–Trinajstić information content (AvgIpc) is 3.31. The molecule has 0 aliphatic heterocycles. The predicted octanol–water partition coefficient (Wildman–Crippen LogP) is 17.3. The zero-order valence-electron chi connectivity index (χ0n) is 44.0. The summed E-state index contributed by atoms with van der Waals surface area (Å²) in [5.74, 6) is -0.586. The molecule has 4 unspecified atom stereocenters. The highest BCUT2D eigenvalue weighted by atomic mass is 16.3. The molecule has 65 heavy (non-hydrogen) atoms. The van der Waals surface area contributed by atoms with Crippen LogP contribution in [0.5, 0.6) is 0 Å². The number of aliphatic hydroxyl groups excluding tert-OH is 4. The number of carbonyl (C=O) groups is 1. The van der Waals surface area contributed by atoms with Gasteiger partial charge in [0, 0.05) is 0 Å². The van der Waals surface area contributed by atoms with E-state index in [0.717, 1.165) is 38.5 Å². The maximum atomic E-state index is 12.6. The molecule has 6 nitrogen and oxygen atoms in total. The van der Waals surface area contributed by atoms with Crippen molar-refractivity contribution >= 4 is 5.91 Å². The van der Waals surface area contributed by atoms with Gasteiger partial charge in [-0.1, -0.05) is 302 Å². The Bertz CT molecular complexity index is 944. The highest BCUT2D eigenvalue weighted by molar-refractivity contribution is 5.80. The third kappa shape index (κ3) is 47.9. The van der Waals surface area contributed by atoms with Crippen molar-refractivity contribution in [3.63, 3.8) is 0 Å². The first kappa shape index (κ1) is 64.0. The number of hydrogen-bond acceptors (Lipinski definition) is 5. The molecular formula is C59H117NO5. The number of amides is 1. The van der Waals surface area contributed by atoms with E-state index < -0.39 is 36.9 Å². The van der Waals surface area contributed by atoms with Gasteiger partial charge in [-0.3, -0.25) is 4.79 Å². The molecule has 0 heterocycles. The third-order valence-corrected chi connectivity index (χ3v) is 14.2. The number of carbonyl (C=O) groups excluding carboxylic acids is 1. The Morgan fingerprint density at radius 2 is 0.631 bits per heavy atom. The van der Waals surface area contributed by atoms with Crippen LogP contribution in [-0.2, 0) is 4.79 Å². The van der Waals surface area contributed by atoms with Gasteiger partial charge in [-0.05, 0) is 38.5 Å². The van der Waals surface area contributed by atoms with Gasteiger partial charge in [-0.2, -0.15) is 0 Å². The molecule has 0 aromatic rings. The van der Waals surface area contributed by atoms with E-state index in [1.54, 1.807) is 0 Å². The lowest BCUT2D eigenvalue weighted by molar-refractivity contribution is -0.132. The highest BCUT2D eigenvalue weighted by Crippen LogP contribution is 2.18. The van der Waals surface area contributed by atoms with Crippen molar-refractivity contribution in [2.75, 3.05) is 6.61 Å². The van der Waals surface area contributed by atoms with Gasteiger partial charge in [0.15, 0.2) is 0 Å². The van der Waals surface area contributed by atoms with E-state index in [2.05, 4.69) is 31.3 Å². The molecule has 0 rings (SSSR count). The first-order chi connectivity index (χ1) is 32.0. The van der Waals surface area contributed by atoms with Gasteiger partial charge in [0.05, 0.1) is 18.8 Å². The molecule has 0 saturated carbocycles. The number of unbranched alkanes of at least 4 members (excludes halogenated alkanes) is 44. The van der Waals surface area contributed by atoms with E-state index in [9.17, 15) is 25.2 Å². The molecule has 6 heteroatoms. The van der Waals surface area contributed by atoms with Crippen molar-refractivity contribution in [2.24, 2.45) is 0 Å². The molecule has 1 amide bonds. The molecule has 0 radical (unpaired) electrons. The second kappa shape index (κ2) is 54.0. The van der Waals surface area contributed by atoms with Gasteiger partial charge >= 0.3 is 0 Å². The van der Waals surface area contributed by atoms with Crippen LogP contribution in [0.3, 0.4) is 0 Å². The van der Waals surface area contributed by atoms with Crippen LogP contribution in [0.1, 0.15) is 328 Å². The van der Waals surface area contributed by atoms with Crippen molar-refractivity contribution in [3.8, 4) is 0 Å². The van der Waals surface area contributed by atoms with Crippen LogP contribution in [-0.4, -0.2) is 57.3 Å². The average molecular weight is 921 g/mol. The Kier molecular flexibility index (Phi) is 53.2. The number of hydrogen-bond donors (Lipinski definition) is 5. The fourth-order valence-corrected chi connectivity index (χ4v) is 9.59. The minimum atomic E-state index is -1.28. The summed E-state index contributed by atoms with van der Waals surface area (Å²) in [6.45, 7) is 4.09. The molecule has 0 aromatic heterocycles. The quantitative estimate of drug-likeness (QED) is 0.0308. The standard InChI is InChI=1S/C59H117NO5/c1-3-5-7-9-11-13-15-17-19-21-23-24-25-26-27-28-29-30-31-32-33-35-37-39-41-43-45-47-49-51-53-57(63)59(65)60-55(54-61)58(64)56(62)52-50-48-46-44-42-40-38-36-34-22-20-18-16-14-12-10-8-6-4-2/h44,46,55-58,61-64H,3-43,45,47-54H2,1-2H3,(H,60,65)/b46-44+. The van der Waals surface area contributed by atoms with Gasteiger partial charge < -0.3 is 25.7 Å². The molecule has 0 saturated heterocycles. The monoisotopic (exact) mass is 920 g/mol. The van der Waals surface area contributed by atoms with Crippen LogP contribution in [0, 0.1) is 0 Å². The van der Waals surface area contributed by atoms with Crippen molar-refractivity contribution in [1.82, 2.24) is 5.32 Å². The van der Waals surface area contributed by atoms with Crippen LogP contribution in [0.4, 0.5) is 0 Å². The second-order valence-electron chi connectivity index (χ2n) is 20.7. The fraction of sp³-hybridized carbons (Fsp3) is 0.949. The number of allylic oxidation sites excluding steroid dienone is 2. The molecule has 0 spiro atoms. The van der Waals surface area contributed by atoms with Crippen molar-refractivity contribution < 1.29 is 25.2 Å². The zero-order chi connectivity index (χ0) is 47.4. The molecule has 5 N–H and O–H groups in total. The summed E-state index contributed by atoms with van der Waals surface area (Å²) in [5, 5.41) is 44.0. The van der Waals surface area contributed by atoms with Gasteiger partial charge in [0.1, 0.15) is 12.2 Å². The second-order valence-corrected chi connectivity index (χ2v) is 20.7. The fourth-order valence-electron chi connectivity index (χ4n) is 9.59. The lowest BCUT2D eigenvalue weighted by Crippen LogP contribution is -2.53. The summed E-state index contributed by atoms with van der Waals surface area (Å²) in [5.41, 5.74) is 0. The predicted molar refractivity (Wildman–Crippen MR) is 284 cm³/mol. The van der Waals surface area contributed by atoms with Crippen LogP contribution in [0.15, 0.2) is 12.2 Å². The van der Waals surface area contributed by atoms with Crippen LogP contribution >= 0.6 is 0 Å². The molecule has 0 aliphatic rings. The summed E-state index contributed by atoms with van der Waals surface area (Å²) in [7, 11) is 0. The number of rotatable bonds is 55. The lowest BCUT2D eigenvalue weighted by Gasteiger charge is -2.27. The molecule has 0 bridgehead atoms. The number of aliphatic hydroxyl groups is 4. The highest BCUT2D eigenvalue weighted by Gasteiger charge is 2.28. The first-order valence-electron chi connectivity index (χ1n) is 29.6. The molecule has 388 valence electrons. The van der Waals surface area contributed by atoms with Gasteiger partial charge in [0.2, 0.25) is 5.91 Å². The van der Waals surface area contributed by atoms with E-state index in [4.69, 9.17) is 0 Å². The molecule has 0 aromatic carbocycles. The van der Waals surface area contributed by atoms with Crippen molar-refractivity contribution in [1.29, 1.82) is 0 Å². The summed E-state index contributed by atoms with van der Waals surface area (Å²) in [6, 6.07) is -0.999. The van der Waals surface area contributed by atoms with E-state index in [1.165, 1.54) is 263 Å². The first-order valence-corrected chi connectivity index (χ1v) is 29.6. The van der Waals surface area contributed by atoms with Crippen LogP contribution < -0.4 is 5.32 Å². The van der Waals surface area contributed by atoms with Crippen molar-refractivity contribution in [2.45, 2.75) is 353 Å². The van der Waals surface area contributed by atoms with Crippen LogP contribution in [0.25, 0.3) is 0 Å². The minimum Gasteiger partial charge on any atom is -0.394 e. The van der Waals surface area contributed by atoms with E-state index in [1.807, 2.05) is 0 Å². The Labute approximate surface area is 406 Å². The maximum absolute atomic E-state index is 12.6. The lowest BCUT2D eigenvalue weighted by atomic mass is 10.00. The summed E-state index contributed by atoms with van der Waals surface area (Å²) < 4.78 is 0. The topological polar surface area (TPSA) is 110 Å². The SMILES string of the molecule is CCCCCCCCCCCCCCCC/C=C/CCCC(O)C(O)C(CO)NC(=O)C(O)CCCCCCCCCCCCCCCCCCCCCCCCCCCCCCCC. The van der Waals surface area contributed by atoms with Crippen molar-refractivity contribution in [3.05, 3.63) is 12.2 Å². The Morgan fingerprint density at radius 1 is 0.369 bits per heavy atom. The van der Waals surface area contributed by atoms with Gasteiger partial charge in [-0.15, -0.1) is 0 Å². The largest absolute Gasteiger partial charge is 0.394 e. The van der Waals surface area contributed by atoms with E-state index in [-0.39, 0.29) is 0 Å². The smallest absolute Gasteiger partial charge is 0.249 e. The molecule has 4 atom stereocenters. The number of nitrogens with one attached hydrogen (secondary N) is 1. The maximum Gasteiger partial charge on any atom is 0.249 e. The minimum absolute atomic E-state index is 0.369. The zero-order valence-corrected chi connectivity index (χ0v) is 44.0. The van der Waals surface area contributed by atoms with E-state index >= 15 is 0 Å². The third-order valence-electron chi connectivity index (χ3n) is 14.2. The normalized spacial score (nSPS) is 13.8. The summed E-state index contributed by atoms with van der Waals surface area (Å²) >= 11 is 0. The van der Waals surface area contributed by atoms with Gasteiger partial charge in [-0.25, -0.2) is 0 Å². The summed E-state index contributed by atoms with van der Waals surface area (Å²) in [6.07, 6.45) is 64.4. The molecule has 0 aliphatic carbocycles.